The van der Waals surface area contributed by atoms with Crippen LogP contribution >= 0.6 is 0 Å². The molecule has 0 fully saturated rings. The predicted molar refractivity (Wildman–Crippen MR) is 59.6 cm³/mol. The lowest BCUT2D eigenvalue weighted by atomic mass is 10.1. The number of carbonyl (C=O) groups excluding carboxylic acids is 1. The van der Waals surface area contributed by atoms with Crippen LogP contribution in [0.5, 0.6) is 11.5 Å². The van der Waals surface area contributed by atoms with Gasteiger partial charge in [0.25, 0.3) is 0 Å². The quantitative estimate of drug-likeness (QED) is 0.706. The van der Waals surface area contributed by atoms with Crippen molar-refractivity contribution in [3.63, 3.8) is 0 Å². The summed E-state index contributed by atoms with van der Waals surface area (Å²) in [6.45, 7) is 1.09. The summed E-state index contributed by atoms with van der Waals surface area (Å²) < 4.78 is 10.5. The first-order valence-electron chi connectivity index (χ1n) is 5.33. The molecule has 16 heavy (non-hydrogen) atoms. The highest BCUT2D eigenvalue weighted by molar-refractivity contribution is 5.46. The highest BCUT2D eigenvalue weighted by Gasteiger charge is 2.12. The third-order valence-corrected chi connectivity index (χ3v) is 2.59. The van der Waals surface area contributed by atoms with E-state index >= 15 is 0 Å². The van der Waals surface area contributed by atoms with Crippen molar-refractivity contribution in [1.29, 1.82) is 0 Å². The zero-order valence-corrected chi connectivity index (χ0v) is 9.31. The number of amides is 1. The van der Waals surface area contributed by atoms with Crippen LogP contribution in [0.15, 0.2) is 18.2 Å². The molecule has 0 atom stereocenters. The monoisotopic (exact) mass is 221 g/mol. The molecule has 0 saturated heterocycles. The first-order chi connectivity index (χ1) is 7.79. The van der Waals surface area contributed by atoms with Gasteiger partial charge in [0.15, 0.2) is 11.5 Å². The Morgan fingerprint density at radius 3 is 3.00 bits per heavy atom. The predicted octanol–water partition coefficient (Wildman–Crippen LogP) is 1.44. The number of fused-ring (bicyclic) bond motifs is 1. The van der Waals surface area contributed by atoms with Crippen molar-refractivity contribution in [1.82, 2.24) is 4.90 Å². The van der Waals surface area contributed by atoms with Crippen molar-refractivity contribution in [2.75, 3.05) is 20.4 Å². The Kier molecular flexibility index (Phi) is 3.29. The van der Waals surface area contributed by atoms with Crippen molar-refractivity contribution < 1.29 is 14.3 Å². The Morgan fingerprint density at radius 2 is 2.19 bits per heavy atom. The van der Waals surface area contributed by atoms with Gasteiger partial charge in [0, 0.05) is 13.6 Å². The molecule has 4 heteroatoms. The first-order valence-corrected chi connectivity index (χ1v) is 5.33. The summed E-state index contributed by atoms with van der Waals surface area (Å²) in [6.07, 6.45) is 2.74. The van der Waals surface area contributed by atoms with E-state index in [4.69, 9.17) is 9.47 Å². The van der Waals surface area contributed by atoms with E-state index in [1.807, 2.05) is 18.2 Å². The molecule has 1 amide bonds. The number of hydrogen-bond donors (Lipinski definition) is 0. The molecule has 0 bridgehead atoms. The van der Waals surface area contributed by atoms with Crippen LogP contribution < -0.4 is 9.47 Å². The number of ether oxygens (including phenoxy) is 2. The SMILES string of the molecule is CN(C=O)CCCc1ccc2c(c1)OCO2. The molecule has 0 radical (unpaired) electrons. The Hall–Kier alpha value is -1.71. The van der Waals surface area contributed by atoms with E-state index in [-0.39, 0.29) is 0 Å². The summed E-state index contributed by atoms with van der Waals surface area (Å²) in [6, 6.07) is 5.97. The molecule has 1 heterocycles. The summed E-state index contributed by atoms with van der Waals surface area (Å²) in [4.78, 5) is 12.0. The Labute approximate surface area is 94.8 Å². The van der Waals surface area contributed by atoms with Crippen molar-refractivity contribution in [2.45, 2.75) is 12.8 Å². The summed E-state index contributed by atoms with van der Waals surface area (Å²) in [5.74, 6) is 1.63. The van der Waals surface area contributed by atoms with Crippen LogP contribution in [0, 0.1) is 0 Å². The third kappa shape index (κ3) is 2.45. The van der Waals surface area contributed by atoms with E-state index < -0.39 is 0 Å². The molecular weight excluding hydrogens is 206 g/mol. The van der Waals surface area contributed by atoms with Crippen molar-refractivity contribution in [2.24, 2.45) is 0 Å². The lowest BCUT2D eigenvalue weighted by molar-refractivity contribution is -0.117. The fourth-order valence-corrected chi connectivity index (χ4v) is 1.68. The third-order valence-electron chi connectivity index (χ3n) is 2.59. The van der Waals surface area contributed by atoms with Crippen molar-refractivity contribution in [3.8, 4) is 11.5 Å². The molecule has 2 rings (SSSR count). The summed E-state index contributed by atoms with van der Waals surface area (Å²) in [5, 5.41) is 0. The standard InChI is InChI=1S/C12H15NO3/c1-13(8-14)6-2-3-10-4-5-11-12(7-10)16-9-15-11/h4-5,7-8H,2-3,6,9H2,1H3. The van der Waals surface area contributed by atoms with Gasteiger partial charge in [-0.1, -0.05) is 6.07 Å². The van der Waals surface area contributed by atoms with Crippen LogP contribution in [0.2, 0.25) is 0 Å². The van der Waals surface area contributed by atoms with Gasteiger partial charge >= 0.3 is 0 Å². The van der Waals surface area contributed by atoms with Gasteiger partial charge in [-0.2, -0.15) is 0 Å². The van der Waals surface area contributed by atoms with Gasteiger partial charge in [-0.3, -0.25) is 4.79 Å². The largest absolute Gasteiger partial charge is 0.454 e. The highest BCUT2D eigenvalue weighted by atomic mass is 16.7. The van der Waals surface area contributed by atoms with Crippen LogP contribution in [0.3, 0.4) is 0 Å². The van der Waals surface area contributed by atoms with Gasteiger partial charge in [-0.15, -0.1) is 0 Å². The molecule has 0 spiro atoms. The van der Waals surface area contributed by atoms with Crippen molar-refractivity contribution in [3.05, 3.63) is 23.8 Å². The maximum atomic E-state index is 10.4. The van der Waals surface area contributed by atoms with Crippen LogP contribution in [-0.2, 0) is 11.2 Å². The minimum Gasteiger partial charge on any atom is -0.454 e. The maximum Gasteiger partial charge on any atom is 0.231 e. The number of aryl methyl sites for hydroxylation is 1. The van der Waals surface area contributed by atoms with Gasteiger partial charge in [0.1, 0.15) is 0 Å². The molecule has 4 nitrogen and oxygen atoms in total. The molecule has 0 unspecified atom stereocenters. The fourth-order valence-electron chi connectivity index (χ4n) is 1.68. The second-order valence-electron chi connectivity index (χ2n) is 3.88. The molecule has 0 aliphatic carbocycles. The van der Waals surface area contributed by atoms with Crippen LogP contribution in [0.4, 0.5) is 0 Å². The van der Waals surface area contributed by atoms with Crippen LogP contribution in [0.1, 0.15) is 12.0 Å². The second kappa shape index (κ2) is 4.88. The summed E-state index contributed by atoms with van der Waals surface area (Å²) >= 11 is 0. The van der Waals surface area contributed by atoms with Gasteiger partial charge in [0.2, 0.25) is 13.2 Å². The lowest BCUT2D eigenvalue weighted by Gasteiger charge is -2.09. The fraction of sp³-hybridized carbons (Fsp3) is 0.417. The van der Waals surface area contributed by atoms with Crippen LogP contribution in [-0.4, -0.2) is 31.7 Å². The number of nitrogens with zero attached hydrogens (tertiary/aromatic N) is 1. The normalized spacial score (nSPS) is 12.6. The zero-order valence-electron chi connectivity index (χ0n) is 9.31. The Morgan fingerprint density at radius 1 is 1.38 bits per heavy atom. The van der Waals surface area contributed by atoms with Gasteiger partial charge in [-0.05, 0) is 30.5 Å². The molecule has 1 aliphatic rings. The van der Waals surface area contributed by atoms with E-state index in [1.165, 1.54) is 5.56 Å². The molecule has 1 aromatic rings. The number of benzene rings is 1. The minimum atomic E-state index is 0.312. The Bertz CT molecular complexity index is 379. The van der Waals surface area contributed by atoms with E-state index in [1.54, 1.807) is 11.9 Å². The van der Waals surface area contributed by atoms with E-state index in [9.17, 15) is 4.79 Å². The highest BCUT2D eigenvalue weighted by Crippen LogP contribution is 2.32. The van der Waals surface area contributed by atoms with Crippen LogP contribution in [0.25, 0.3) is 0 Å². The average Bonchev–Trinajstić information content (AvgIpc) is 2.76. The molecule has 0 aromatic heterocycles. The average molecular weight is 221 g/mol. The van der Waals surface area contributed by atoms with E-state index in [2.05, 4.69) is 0 Å². The molecule has 1 aromatic carbocycles. The first kappa shape index (κ1) is 10.8. The van der Waals surface area contributed by atoms with Crippen molar-refractivity contribution >= 4 is 6.41 Å². The molecule has 86 valence electrons. The van der Waals surface area contributed by atoms with Gasteiger partial charge < -0.3 is 14.4 Å². The van der Waals surface area contributed by atoms with E-state index in [0.717, 1.165) is 37.3 Å². The lowest BCUT2D eigenvalue weighted by Crippen LogP contribution is -2.17. The van der Waals surface area contributed by atoms with Gasteiger partial charge in [0.05, 0.1) is 0 Å². The number of carbonyl (C=O) groups is 1. The van der Waals surface area contributed by atoms with E-state index in [0.29, 0.717) is 6.79 Å². The topological polar surface area (TPSA) is 38.8 Å². The number of rotatable bonds is 5. The summed E-state index contributed by atoms with van der Waals surface area (Å²) in [5.41, 5.74) is 1.21. The Balaban J connectivity index is 1.88. The minimum absolute atomic E-state index is 0.312. The maximum absolute atomic E-state index is 10.4. The molecule has 0 saturated carbocycles. The second-order valence-corrected chi connectivity index (χ2v) is 3.88. The molecular formula is C12H15NO3. The molecule has 0 N–H and O–H groups in total. The summed E-state index contributed by atoms with van der Waals surface area (Å²) in [7, 11) is 1.78. The zero-order chi connectivity index (χ0) is 11.4. The smallest absolute Gasteiger partial charge is 0.231 e. The number of hydrogen-bond acceptors (Lipinski definition) is 3. The van der Waals surface area contributed by atoms with Gasteiger partial charge in [-0.25, -0.2) is 0 Å². The molecule has 1 aliphatic heterocycles.